The maximum absolute atomic E-state index is 13.4. The van der Waals surface area contributed by atoms with Crippen LogP contribution < -0.4 is 15.0 Å². The van der Waals surface area contributed by atoms with Gasteiger partial charge in [0, 0.05) is 19.2 Å². The van der Waals surface area contributed by atoms with Gasteiger partial charge in [0.15, 0.2) is 11.9 Å². The fourth-order valence-corrected chi connectivity index (χ4v) is 4.22. The van der Waals surface area contributed by atoms with Crippen LogP contribution >= 0.6 is 0 Å². The summed E-state index contributed by atoms with van der Waals surface area (Å²) in [5.41, 5.74) is 1.58. The van der Waals surface area contributed by atoms with Gasteiger partial charge in [-0.3, -0.25) is 14.7 Å². The van der Waals surface area contributed by atoms with Gasteiger partial charge in [-0.25, -0.2) is 9.18 Å². The summed E-state index contributed by atoms with van der Waals surface area (Å²) in [6.45, 7) is 2.78. The molecule has 164 valence electrons. The molecule has 2 aromatic carbocycles. The number of fused-ring (bicyclic) bond motifs is 3. The fraction of sp³-hybridized carbons (Fsp3) is 0.273. The molecule has 0 spiro atoms. The van der Waals surface area contributed by atoms with Crippen LogP contribution in [0.1, 0.15) is 18.7 Å². The lowest BCUT2D eigenvalue weighted by molar-refractivity contribution is -0.124. The number of aromatic nitrogens is 3. The number of anilines is 1. The molecule has 1 N–H and O–H groups in total. The fourth-order valence-electron chi connectivity index (χ4n) is 4.22. The smallest absolute Gasteiger partial charge is 0.325 e. The topological polar surface area (TPSA) is 92.6 Å². The molecule has 0 radical (unpaired) electrons. The van der Waals surface area contributed by atoms with Crippen molar-refractivity contribution in [1.82, 2.24) is 25.0 Å². The average molecular weight is 436 g/mol. The molecule has 0 aliphatic carbocycles. The quantitative estimate of drug-likeness (QED) is 0.661. The molecule has 3 heterocycles. The number of nitrogens with zero attached hydrogens (tertiary/aromatic N) is 5. The van der Waals surface area contributed by atoms with Crippen LogP contribution in [0.15, 0.2) is 48.5 Å². The van der Waals surface area contributed by atoms with E-state index >= 15 is 0 Å². The Balaban J connectivity index is 1.59. The van der Waals surface area contributed by atoms with Crippen molar-refractivity contribution in [2.45, 2.75) is 25.7 Å². The molecule has 2 aliphatic rings. The number of benzene rings is 2. The van der Waals surface area contributed by atoms with Crippen molar-refractivity contribution in [3.05, 3.63) is 59.9 Å². The average Bonchev–Trinajstić information content (AvgIpc) is 3.34. The third-order valence-corrected chi connectivity index (χ3v) is 5.72. The Hall–Kier alpha value is -3.95. The van der Waals surface area contributed by atoms with Crippen LogP contribution in [0.4, 0.5) is 15.1 Å². The van der Waals surface area contributed by atoms with Gasteiger partial charge in [0.05, 0.1) is 6.61 Å². The Kier molecular flexibility index (Phi) is 4.76. The summed E-state index contributed by atoms with van der Waals surface area (Å²) in [5, 5.41) is 11.1. The van der Waals surface area contributed by atoms with Crippen molar-refractivity contribution >= 4 is 17.9 Å². The molecule has 3 amide bonds. The minimum atomic E-state index is -0.699. The summed E-state index contributed by atoms with van der Waals surface area (Å²) >= 11 is 0. The lowest BCUT2D eigenvalue weighted by Crippen LogP contribution is -2.61. The monoisotopic (exact) mass is 436 g/mol. The molecular formula is C22H21FN6O3. The van der Waals surface area contributed by atoms with Crippen molar-refractivity contribution in [3.8, 4) is 17.1 Å². The van der Waals surface area contributed by atoms with E-state index in [9.17, 15) is 14.0 Å². The molecule has 0 saturated carbocycles. The van der Waals surface area contributed by atoms with E-state index in [-0.39, 0.29) is 5.82 Å². The number of likely N-dealkylation sites (N-methyl/N-ethyl adjacent to an activating group) is 1. The maximum Gasteiger partial charge on any atom is 0.325 e. The molecule has 2 aliphatic heterocycles. The molecule has 5 rings (SSSR count). The standard InChI is InChI=1S/C22H21FN6O3/c1-3-32-16-10-6-14(7-11-16)18-25-26-21-28(12-13-4-8-15(23)9-5-13)17-19(30)24-22(31)27(2)20(17)29(18)21/h4-11,17,20H,3,12H2,1-2H3,(H,24,30,31). The van der Waals surface area contributed by atoms with Gasteiger partial charge in [0.25, 0.3) is 5.91 Å². The molecule has 3 aromatic rings. The summed E-state index contributed by atoms with van der Waals surface area (Å²) in [7, 11) is 1.63. The molecule has 9 nitrogen and oxygen atoms in total. The number of urea groups is 1. The number of carbonyl (C=O) groups excluding carboxylic acids is 2. The molecule has 2 unspecified atom stereocenters. The van der Waals surface area contributed by atoms with Gasteiger partial charge < -0.3 is 14.5 Å². The van der Waals surface area contributed by atoms with E-state index in [4.69, 9.17) is 4.74 Å². The van der Waals surface area contributed by atoms with Crippen LogP contribution in [0, 0.1) is 5.82 Å². The molecular weight excluding hydrogens is 415 g/mol. The first kappa shape index (κ1) is 20.0. The normalized spacial score (nSPS) is 19.6. The van der Waals surface area contributed by atoms with E-state index in [0.717, 1.165) is 16.9 Å². The molecule has 32 heavy (non-hydrogen) atoms. The zero-order valence-corrected chi connectivity index (χ0v) is 17.5. The van der Waals surface area contributed by atoms with Gasteiger partial charge in [-0.1, -0.05) is 12.1 Å². The molecule has 10 heteroatoms. The van der Waals surface area contributed by atoms with Crippen LogP contribution in [-0.2, 0) is 11.3 Å². The summed E-state index contributed by atoms with van der Waals surface area (Å²) in [6.07, 6.45) is -0.622. The Morgan fingerprint density at radius 3 is 2.47 bits per heavy atom. The highest BCUT2D eigenvalue weighted by Crippen LogP contribution is 2.41. The number of amides is 3. The summed E-state index contributed by atoms with van der Waals surface area (Å²) in [6, 6.07) is 12.3. The number of ether oxygens (including phenoxy) is 1. The van der Waals surface area contributed by atoms with Crippen LogP contribution in [0.25, 0.3) is 11.4 Å². The van der Waals surface area contributed by atoms with E-state index in [2.05, 4.69) is 15.5 Å². The second-order valence-corrected chi connectivity index (χ2v) is 7.67. The molecule has 0 bridgehead atoms. The SMILES string of the molecule is CCOc1ccc(-c2nnc3n2C2C(C(=O)NC(=O)N2C)N3Cc2ccc(F)cc2)cc1. The Morgan fingerprint density at radius 1 is 1.06 bits per heavy atom. The number of rotatable bonds is 5. The van der Waals surface area contributed by atoms with Crippen LogP contribution in [-0.4, -0.2) is 51.3 Å². The van der Waals surface area contributed by atoms with E-state index in [1.165, 1.54) is 17.0 Å². The molecule has 2 atom stereocenters. The first-order chi connectivity index (χ1) is 15.5. The van der Waals surface area contributed by atoms with Gasteiger partial charge in [0.2, 0.25) is 5.95 Å². The molecule has 1 fully saturated rings. The maximum atomic E-state index is 13.4. The summed E-state index contributed by atoms with van der Waals surface area (Å²) in [5.74, 6) is 0.981. The van der Waals surface area contributed by atoms with Crippen molar-refractivity contribution in [1.29, 1.82) is 0 Å². The number of carbonyl (C=O) groups is 2. The van der Waals surface area contributed by atoms with Crippen molar-refractivity contribution in [2.75, 3.05) is 18.6 Å². The highest BCUT2D eigenvalue weighted by Gasteiger charge is 2.52. The van der Waals surface area contributed by atoms with Crippen LogP contribution in [0.5, 0.6) is 5.75 Å². The van der Waals surface area contributed by atoms with Gasteiger partial charge in [-0.2, -0.15) is 0 Å². The van der Waals surface area contributed by atoms with Crippen molar-refractivity contribution in [2.24, 2.45) is 0 Å². The van der Waals surface area contributed by atoms with E-state index in [0.29, 0.717) is 24.9 Å². The minimum absolute atomic E-state index is 0.304. The largest absolute Gasteiger partial charge is 0.494 e. The van der Waals surface area contributed by atoms with Crippen LogP contribution in [0.2, 0.25) is 0 Å². The number of halogens is 1. The predicted molar refractivity (Wildman–Crippen MR) is 113 cm³/mol. The lowest BCUT2D eigenvalue weighted by Gasteiger charge is -2.37. The third kappa shape index (κ3) is 3.15. The number of nitrogens with one attached hydrogen (secondary N) is 1. The van der Waals surface area contributed by atoms with Gasteiger partial charge in [-0.15, -0.1) is 10.2 Å². The summed E-state index contributed by atoms with van der Waals surface area (Å²) in [4.78, 5) is 28.6. The predicted octanol–water partition coefficient (Wildman–Crippen LogP) is 2.55. The first-order valence-corrected chi connectivity index (χ1v) is 10.2. The van der Waals surface area contributed by atoms with E-state index in [1.807, 2.05) is 31.2 Å². The highest BCUT2D eigenvalue weighted by atomic mass is 19.1. The number of hydrogen-bond acceptors (Lipinski definition) is 6. The second kappa shape index (κ2) is 7.63. The Morgan fingerprint density at radius 2 is 1.78 bits per heavy atom. The zero-order chi connectivity index (χ0) is 22.4. The van der Waals surface area contributed by atoms with Gasteiger partial charge in [0.1, 0.15) is 17.7 Å². The minimum Gasteiger partial charge on any atom is -0.494 e. The van der Waals surface area contributed by atoms with E-state index in [1.54, 1.807) is 28.6 Å². The van der Waals surface area contributed by atoms with Crippen molar-refractivity contribution in [3.63, 3.8) is 0 Å². The number of imide groups is 1. The number of hydrogen-bond donors (Lipinski definition) is 1. The van der Waals surface area contributed by atoms with Crippen molar-refractivity contribution < 1.29 is 18.7 Å². The Bertz CT molecular complexity index is 1180. The third-order valence-electron chi connectivity index (χ3n) is 5.72. The second-order valence-electron chi connectivity index (χ2n) is 7.67. The highest BCUT2D eigenvalue weighted by molar-refractivity contribution is 6.02. The Labute approximate surface area is 183 Å². The molecule has 1 aromatic heterocycles. The summed E-state index contributed by atoms with van der Waals surface area (Å²) < 4.78 is 20.7. The first-order valence-electron chi connectivity index (χ1n) is 10.2. The van der Waals surface area contributed by atoms with Crippen LogP contribution in [0.3, 0.4) is 0 Å². The van der Waals surface area contributed by atoms with E-state index < -0.39 is 24.1 Å². The lowest BCUT2D eigenvalue weighted by atomic mass is 10.1. The van der Waals surface area contributed by atoms with Gasteiger partial charge >= 0.3 is 6.03 Å². The molecule has 1 saturated heterocycles. The zero-order valence-electron chi connectivity index (χ0n) is 17.5. The van der Waals surface area contributed by atoms with Gasteiger partial charge in [-0.05, 0) is 48.9 Å².